The van der Waals surface area contributed by atoms with Crippen LogP contribution in [0.3, 0.4) is 0 Å². The van der Waals surface area contributed by atoms with Crippen molar-refractivity contribution in [3.8, 4) is 16.8 Å². The standard InChI is InChI=1S/C41H27N/c1-26-18-23-32-36(24-26)31-12-4-5-15-35(31)41-37(32)25-28-10-2-3-11-30(28)40(41)27-19-21-29(22-20-27)42-38-16-8-6-13-33(38)34-14-7-9-17-39(34)42/h2-25H,1H3. The Hall–Kier alpha value is -5.40. The Morgan fingerprint density at radius 1 is 0.405 bits per heavy atom. The van der Waals surface area contributed by atoms with Crippen LogP contribution in [0.25, 0.3) is 81.7 Å². The van der Waals surface area contributed by atoms with Gasteiger partial charge >= 0.3 is 0 Å². The molecule has 0 aliphatic heterocycles. The molecule has 9 aromatic rings. The first kappa shape index (κ1) is 23.3. The molecule has 0 radical (unpaired) electrons. The van der Waals surface area contributed by atoms with Crippen molar-refractivity contribution >= 4 is 64.9 Å². The van der Waals surface area contributed by atoms with Crippen molar-refractivity contribution in [3.63, 3.8) is 0 Å². The number of hydrogen-bond donors (Lipinski definition) is 0. The van der Waals surface area contributed by atoms with E-state index in [0.717, 1.165) is 0 Å². The minimum atomic E-state index is 1.17. The fraction of sp³-hybridized carbons (Fsp3) is 0.0244. The van der Waals surface area contributed by atoms with E-state index < -0.39 is 0 Å². The third-order valence-corrected chi connectivity index (χ3v) is 9.00. The number of aromatic nitrogens is 1. The number of hydrogen-bond acceptors (Lipinski definition) is 0. The average molecular weight is 534 g/mol. The summed E-state index contributed by atoms with van der Waals surface area (Å²) in [6.45, 7) is 2.18. The quantitative estimate of drug-likeness (QED) is 0.154. The van der Waals surface area contributed by atoms with Crippen LogP contribution >= 0.6 is 0 Å². The molecular formula is C41H27N. The first-order valence-electron chi connectivity index (χ1n) is 14.6. The molecule has 42 heavy (non-hydrogen) atoms. The van der Waals surface area contributed by atoms with Crippen LogP contribution in [-0.2, 0) is 0 Å². The van der Waals surface area contributed by atoms with Crippen molar-refractivity contribution in [2.75, 3.05) is 0 Å². The summed E-state index contributed by atoms with van der Waals surface area (Å²) in [6.07, 6.45) is 0. The van der Waals surface area contributed by atoms with Gasteiger partial charge in [-0.1, -0.05) is 121 Å². The van der Waals surface area contributed by atoms with Gasteiger partial charge in [-0.05, 0) is 91.5 Å². The normalized spacial score (nSPS) is 11.9. The van der Waals surface area contributed by atoms with E-state index in [9.17, 15) is 0 Å². The second-order valence-electron chi connectivity index (χ2n) is 11.4. The van der Waals surface area contributed by atoms with Gasteiger partial charge < -0.3 is 4.57 Å². The van der Waals surface area contributed by atoms with Gasteiger partial charge in [-0.3, -0.25) is 0 Å². The van der Waals surface area contributed by atoms with E-state index in [-0.39, 0.29) is 0 Å². The zero-order chi connectivity index (χ0) is 27.8. The van der Waals surface area contributed by atoms with Crippen molar-refractivity contribution < 1.29 is 0 Å². The highest BCUT2D eigenvalue weighted by atomic mass is 15.0. The van der Waals surface area contributed by atoms with Crippen LogP contribution < -0.4 is 0 Å². The van der Waals surface area contributed by atoms with E-state index in [1.165, 1.54) is 87.3 Å². The molecule has 0 atom stereocenters. The highest BCUT2D eigenvalue weighted by Gasteiger charge is 2.17. The predicted octanol–water partition coefficient (Wildman–Crippen LogP) is 11.4. The van der Waals surface area contributed by atoms with Gasteiger partial charge in [-0.25, -0.2) is 0 Å². The largest absolute Gasteiger partial charge is 0.309 e. The van der Waals surface area contributed by atoms with Crippen molar-refractivity contribution in [1.29, 1.82) is 0 Å². The topological polar surface area (TPSA) is 4.93 Å². The van der Waals surface area contributed by atoms with Gasteiger partial charge in [-0.2, -0.15) is 0 Å². The number of rotatable bonds is 2. The van der Waals surface area contributed by atoms with Crippen LogP contribution in [0.1, 0.15) is 5.56 Å². The number of nitrogens with zero attached hydrogens (tertiary/aromatic N) is 1. The molecule has 0 aliphatic carbocycles. The summed E-state index contributed by atoms with van der Waals surface area (Å²) in [6, 6.07) is 53.6. The SMILES string of the molecule is Cc1ccc2c(c1)c1ccccc1c1c(-c3ccc(-n4c5ccccc5c5ccccc54)cc3)c3ccccc3cc21. The monoisotopic (exact) mass is 533 g/mol. The molecule has 0 N–H and O–H groups in total. The lowest BCUT2D eigenvalue weighted by Gasteiger charge is -2.18. The molecule has 0 saturated heterocycles. The van der Waals surface area contributed by atoms with Crippen molar-refractivity contribution in [2.24, 2.45) is 0 Å². The maximum absolute atomic E-state index is 2.39. The van der Waals surface area contributed by atoms with E-state index in [0.29, 0.717) is 0 Å². The Morgan fingerprint density at radius 3 is 1.69 bits per heavy atom. The average Bonchev–Trinajstić information content (AvgIpc) is 3.38. The number of aryl methyl sites for hydroxylation is 1. The number of benzene rings is 8. The molecule has 0 aliphatic rings. The van der Waals surface area contributed by atoms with Crippen molar-refractivity contribution in [1.82, 2.24) is 4.57 Å². The van der Waals surface area contributed by atoms with E-state index in [4.69, 9.17) is 0 Å². The van der Waals surface area contributed by atoms with E-state index >= 15 is 0 Å². The van der Waals surface area contributed by atoms with Gasteiger partial charge in [0, 0.05) is 16.5 Å². The van der Waals surface area contributed by atoms with Crippen molar-refractivity contribution in [3.05, 3.63) is 151 Å². The van der Waals surface area contributed by atoms with E-state index in [1.807, 2.05) is 0 Å². The molecule has 0 bridgehead atoms. The third kappa shape index (κ3) is 3.25. The summed E-state index contributed by atoms with van der Waals surface area (Å²) in [7, 11) is 0. The molecule has 0 spiro atoms. The number of para-hydroxylation sites is 2. The van der Waals surface area contributed by atoms with Crippen LogP contribution in [0.5, 0.6) is 0 Å². The first-order chi connectivity index (χ1) is 20.8. The molecule has 0 fully saturated rings. The Balaban J connectivity index is 1.37. The number of fused-ring (bicyclic) bond motifs is 10. The Bertz CT molecular complexity index is 2460. The fourth-order valence-electron chi connectivity index (χ4n) is 7.17. The molecule has 0 unspecified atom stereocenters. The molecular weight excluding hydrogens is 506 g/mol. The third-order valence-electron chi connectivity index (χ3n) is 9.00. The molecule has 1 aromatic heterocycles. The molecule has 1 heteroatoms. The van der Waals surface area contributed by atoms with E-state index in [2.05, 4.69) is 157 Å². The molecule has 0 amide bonds. The first-order valence-corrected chi connectivity index (χ1v) is 14.6. The molecule has 1 nitrogen and oxygen atoms in total. The highest BCUT2D eigenvalue weighted by Crippen LogP contribution is 2.44. The van der Waals surface area contributed by atoms with Gasteiger partial charge in [0.05, 0.1) is 11.0 Å². The van der Waals surface area contributed by atoms with Gasteiger partial charge in [0.2, 0.25) is 0 Å². The maximum Gasteiger partial charge on any atom is 0.0541 e. The molecule has 196 valence electrons. The second kappa shape index (κ2) is 8.80. The van der Waals surface area contributed by atoms with Gasteiger partial charge in [0.15, 0.2) is 0 Å². The summed E-state index contributed by atoms with van der Waals surface area (Å²) >= 11 is 0. The predicted molar refractivity (Wildman–Crippen MR) is 181 cm³/mol. The summed E-state index contributed by atoms with van der Waals surface area (Å²) in [5.74, 6) is 0. The van der Waals surface area contributed by atoms with Gasteiger partial charge in [-0.15, -0.1) is 0 Å². The summed E-state index contributed by atoms with van der Waals surface area (Å²) in [4.78, 5) is 0. The fourth-order valence-corrected chi connectivity index (χ4v) is 7.17. The minimum absolute atomic E-state index is 1.17. The van der Waals surface area contributed by atoms with Crippen LogP contribution in [0.2, 0.25) is 0 Å². The lowest BCUT2D eigenvalue weighted by Crippen LogP contribution is -1.94. The van der Waals surface area contributed by atoms with Crippen LogP contribution in [0, 0.1) is 6.92 Å². The maximum atomic E-state index is 2.39. The summed E-state index contributed by atoms with van der Waals surface area (Å²) in [5, 5.41) is 13.0. The van der Waals surface area contributed by atoms with Crippen LogP contribution in [0.4, 0.5) is 0 Å². The minimum Gasteiger partial charge on any atom is -0.309 e. The molecule has 9 rings (SSSR count). The van der Waals surface area contributed by atoms with E-state index in [1.54, 1.807) is 0 Å². The Morgan fingerprint density at radius 2 is 0.976 bits per heavy atom. The zero-order valence-electron chi connectivity index (χ0n) is 23.3. The lowest BCUT2D eigenvalue weighted by molar-refractivity contribution is 1.18. The van der Waals surface area contributed by atoms with Gasteiger partial charge in [0.1, 0.15) is 0 Å². The molecule has 1 heterocycles. The zero-order valence-corrected chi connectivity index (χ0v) is 23.3. The van der Waals surface area contributed by atoms with Crippen molar-refractivity contribution in [2.45, 2.75) is 6.92 Å². The highest BCUT2D eigenvalue weighted by molar-refractivity contribution is 6.32. The molecule has 0 saturated carbocycles. The Kier molecular flexibility index (Phi) is 4.88. The second-order valence-corrected chi connectivity index (χ2v) is 11.4. The lowest BCUT2D eigenvalue weighted by atomic mass is 9.86. The summed E-state index contributed by atoms with van der Waals surface area (Å²) < 4.78 is 2.39. The Labute approximate surface area is 243 Å². The smallest absolute Gasteiger partial charge is 0.0541 e. The summed E-state index contributed by atoms with van der Waals surface area (Å²) in [5.41, 5.74) is 7.46. The van der Waals surface area contributed by atoms with Gasteiger partial charge in [0.25, 0.3) is 0 Å². The van der Waals surface area contributed by atoms with Crippen LogP contribution in [0.15, 0.2) is 146 Å². The molecule has 8 aromatic carbocycles. The van der Waals surface area contributed by atoms with Crippen LogP contribution in [-0.4, -0.2) is 4.57 Å².